The molecule has 0 bridgehead atoms. The first kappa shape index (κ1) is 17.1. The van der Waals surface area contributed by atoms with E-state index in [0.29, 0.717) is 18.1 Å². The van der Waals surface area contributed by atoms with Crippen molar-refractivity contribution < 1.29 is 14.1 Å². The molecule has 0 aliphatic rings. The maximum atomic E-state index is 11.7. The van der Waals surface area contributed by atoms with Crippen LogP contribution in [0.2, 0.25) is 0 Å². The van der Waals surface area contributed by atoms with E-state index >= 15 is 0 Å². The van der Waals surface area contributed by atoms with Crippen molar-refractivity contribution >= 4 is 23.2 Å². The van der Waals surface area contributed by atoms with Crippen LogP contribution in [0.3, 0.4) is 0 Å². The van der Waals surface area contributed by atoms with E-state index in [0.717, 1.165) is 4.88 Å². The zero-order valence-corrected chi connectivity index (χ0v) is 14.2. The predicted octanol–water partition coefficient (Wildman–Crippen LogP) is 1.76. The van der Waals surface area contributed by atoms with Crippen LogP contribution in [0.1, 0.15) is 33.1 Å². The summed E-state index contributed by atoms with van der Waals surface area (Å²) in [5.41, 5.74) is -0.316. The van der Waals surface area contributed by atoms with Crippen molar-refractivity contribution in [3.8, 4) is 10.7 Å². The van der Waals surface area contributed by atoms with Crippen molar-refractivity contribution in [1.29, 1.82) is 0 Å². The van der Waals surface area contributed by atoms with Gasteiger partial charge in [0.15, 0.2) is 0 Å². The first-order valence-electron chi connectivity index (χ1n) is 7.28. The summed E-state index contributed by atoms with van der Waals surface area (Å²) in [4.78, 5) is 28.5. The lowest BCUT2D eigenvalue weighted by atomic mass is 10.1. The van der Waals surface area contributed by atoms with Gasteiger partial charge in [0.25, 0.3) is 0 Å². The predicted molar refractivity (Wildman–Crippen MR) is 86.8 cm³/mol. The van der Waals surface area contributed by atoms with E-state index in [1.54, 1.807) is 0 Å². The quantitative estimate of drug-likeness (QED) is 0.838. The molecule has 0 unspecified atom stereocenters. The summed E-state index contributed by atoms with van der Waals surface area (Å²) in [5.74, 6) is 0.483. The molecule has 7 nitrogen and oxygen atoms in total. The zero-order valence-electron chi connectivity index (χ0n) is 13.4. The Morgan fingerprint density at radius 1 is 1.30 bits per heavy atom. The van der Waals surface area contributed by atoms with Crippen LogP contribution in [-0.2, 0) is 16.0 Å². The molecule has 2 rings (SSSR count). The van der Waals surface area contributed by atoms with Gasteiger partial charge in [-0.3, -0.25) is 9.59 Å². The van der Waals surface area contributed by atoms with Gasteiger partial charge in [-0.2, -0.15) is 4.98 Å². The van der Waals surface area contributed by atoms with Crippen LogP contribution in [0.4, 0.5) is 0 Å². The van der Waals surface area contributed by atoms with Crippen molar-refractivity contribution in [2.75, 3.05) is 6.54 Å². The Bertz CT molecular complexity index is 659. The molecule has 8 heteroatoms. The molecule has 0 spiro atoms. The number of carbonyl (C=O) groups excluding carboxylic acids is 2. The Kier molecular flexibility index (Phi) is 5.49. The van der Waals surface area contributed by atoms with Gasteiger partial charge >= 0.3 is 0 Å². The summed E-state index contributed by atoms with van der Waals surface area (Å²) >= 11 is 1.52. The fourth-order valence-corrected chi connectivity index (χ4v) is 2.46. The van der Waals surface area contributed by atoms with Crippen LogP contribution in [-0.4, -0.2) is 34.0 Å². The minimum absolute atomic E-state index is 0.0413. The van der Waals surface area contributed by atoms with Gasteiger partial charge in [-0.25, -0.2) is 0 Å². The minimum atomic E-state index is -0.316. The highest BCUT2D eigenvalue weighted by molar-refractivity contribution is 7.13. The molecular weight excluding hydrogens is 316 g/mol. The van der Waals surface area contributed by atoms with E-state index in [4.69, 9.17) is 4.52 Å². The SMILES string of the molecule is CC(C)(C)NC(=O)CNC(=O)CCc1nc(-c2cccs2)no1. The van der Waals surface area contributed by atoms with E-state index in [1.807, 2.05) is 38.3 Å². The van der Waals surface area contributed by atoms with E-state index in [2.05, 4.69) is 20.8 Å². The number of nitrogens with one attached hydrogen (secondary N) is 2. The zero-order chi connectivity index (χ0) is 16.9. The summed E-state index contributed by atoms with van der Waals surface area (Å²) in [6, 6.07) is 3.81. The topological polar surface area (TPSA) is 97.1 Å². The Morgan fingerprint density at radius 2 is 2.09 bits per heavy atom. The van der Waals surface area contributed by atoms with Crippen LogP contribution < -0.4 is 10.6 Å². The normalized spacial score (nSPS) is 11.3. The van der Waals surface area contributed by atoms with Gasteiger partial charge in [0.05, 0.1) is 11.4 Å². The van der Waals surface area contributed by atoms with Crippen molar-refractivity contribution in [2.24, 2.45) is 0 Å². The fraction of sp³-hybridized carbons (Fsp3) is 0.467. The average molecular weight is 336 g/mol. The monoisotopic (exact) mass is 336 g/mol. The molecule has 0 fully saturated rings. The van der Waals surface area contributed by atoms with Gasteiger partial charge in [0, 0.05) is 18.4 Å². The van der Waals surface area contributed by atoms with E-state index in [9.17, 15) is 9.59 Å². The van der Waals surface area contributed by atoms with Crippen molar-refractivity contribution in [3.63, 3.8) is 0 Å². The number of aromatic nitrogens is 2. The maximum absolute atomic E-state index is 11.7. The number of hydrogen-bond acceptors (Lipinski definition) is 6. The third-order valence-electron chi connectivity index (χ3n) is 2.74. The molecule has 0 aliphatic heterocycles. The van der Waals surface area contributed by atoms with Gasteiger partial charge in [0.1, 0.15) is 0 Å². The highest BCUT2D eigenvalue weighted by Crippen LogP contribution is 2.21. The van der Waals surface area contributed by atoms with Crippen LogP contribution in [0.5, 0.6) is 0 Å². The largest absolute Gasteiger partial charge is 0.350 e. The third-order valence-corrected chi connectivity index (χ3v) is 3.60. The second-order valence-electron chi connectivity index (χ2n) is 6.06. The molecule has 0 aromatic carbocycles. The highest BCUT2D eigenvalue weighted by Gasteiger charge is 2.15. The molecular formula is C15H20N4O3S. The van der Waals surface area contributed by atoms with Crippen LogP contribution in [0.15, 0.2) is 22.0 Å². The molecule has 0 saturated carbocycles. The molecule has 2 N–H and O–H groups in total. The lowest BCUT2D eigenvalue weighted by Crippen LogP contribution is -2.45. The smallest absolute Gasteiger partial charge is 0.239 e. The average Bonchev–Trinajstić information content (AvgIpc) is 3.11. The summed E-state index contributed by atoms with van der Waals surface area (Å²) in [6.07, 6.45) is 0.528. The summed E-state index contributed by atoms with van der Waals surface area (Å²) in [5, 5.41) is 11.2. The van der Waals surface area contributed by atoms with Crippen molar-refractivity contribution in [2.45, 2.75) is 39.2 Å². The molecule has 2 aromatic rings. The second-order valence-corrected chi connectivity index (χ2v) is 7.01. The number of amides is 2. The molecule has 2 amide bonds. The van der Waals surface area contributed by atoms with Crippen LogP contribution >= 0.6 is 11.3 Å². The summed E-state index contributed by atoms with van der Waals surface area (Å²) < 4.78 is 5.12. The first-order chi connectivity index (χ1) is 10.8. The number of hydrogen-bond donors (Lipinski definition) is 2. The number of nitrogens with zero attached hydrogens (tertiary/aromatic N) is 2. The molecule has 0 aliphatic carbocycles. The Morgan fingerprint density at radius 3 is 2.74 bits per heavy atom. The summed E-state index contributed by atoms with van der Waals surface area (Å²) in [7, 11) is 0. The van der Waals surface area contributed by atoms with Crippen molar-refractivity contribution in [3.05, 3.63) is 23.4 Å². The number of rotatable bonds is 6. The van der Waals surface area contributed by atoms with Gasteiger partial charge in [0.2, 0.25) is 23.5 Å². The molecule has 2 heterocycles. The third kappa shape index (κ3) is 5.82. The Balaban J connectivity index is 1.73. The lowest BCUT2D eigenvalue weighted by molar-refractivity contribution is -0.126. The Hall–Kier alpha value is -2.22. The lowest BCUT2D eigenvalue weighted by Gasteiger charge is -2.20. The molecule has 2 aromatic heterocycles. The van der Waals surface area contributed by atoms with Crippen LogP contribution in [0, 0.1) is 0 Å². The fourth-order valence-electron chi connectivity index (χ4n) is 1.81. The number of aryl methyl sites for hydroxylation is 1. The molecule has 0 radical (unpaired) electrons. The molecule has 0 atom stereocenters. The highest BCUT2D eigenvalue weighted by atomic mass is 32.1. The van der Waals surface area contributed by atoms with Crippen LogP contribution in [0.25, 0.3) is 10.7 Å². The number of thiophene rings is 1. The van der Waals surface area contributed by atoms with Gasteiger partial charge in [-0.1, -0.05) is 11.2 Å². The van der Waals surface area contributed by atoms with Gasteiger partial charge in [-0.15, -0.1) is 11.3 Å². The molecule has 124 valence electrons. The first-order valence-corrected chi connectivity index (χ1v) is 8.15. The molecule has 23 heavy (non-hydrogen) atoms. The van der Waals surface area contributed by atoms with Crippen molar-refractivity contribution in [1.82, 2.24) is 20.8 Å². The van der Waals surface area contributed by atoms with E-state index < -0.39 is 0 Å². The van der Waals surface area contributed by atoms with Gasteiger partial charge < -0.3 is 15.2 Å². The Labute approximate surface area is 138 Å². The van der Waals surface area contributed by atoms with Gasteiger partial charge in [-0.05, 0) is 32.2 Å². The molecule has 0 saturated heterocycles. The summed E-state index contributed by atoms with van der Waals surface area (Å²) in [6.45, 7) is 5.61. The number of carbonyl (C=O) groups is 2. The minimum Gasteiger partial charge on any atom is -0.350 e. The second kappa shape index (κ2) is 7.36. The van der Waals surface area contributed by atoms with E-state index in [1.165, 1.54) is 11.3 Å². The van der Waals surface area contributed by atoms with E-state index in [-0.39, 0.29) is 30.3 Å². The standard InChI is InChI=1S/C15H20N4O3S/c1-15(2,3)18-12(21)9-16-11(20)6-7-13-17-14(19-22-13)10-5-4-8-23-10/h4-5,8H,6-7,9H2,1-3H3,(H,16,20)(H,18,21). The maximum Gasteiger partial charge on any atom is 0.239 e.